The van der Waals surface area contributed by atoms with E-state index in [4.69, 9.17) is 16.7 Å². The normalized spacial score (nSPS) is 11.3. The molecule has 1 aromatic rings. The van der Waals surface area contributed by atoms with Gasteiger partial charge in [0.15, 0.2) is 0 Å². The van der Waals surface area contributed by atoms with E-state index < -0.39 is 10.3 Å². The fraction of sp³-hybridized carbons (Fsp3) is 0.143. The lowest BCUT2D eigenvalue weighted by Gasteiger charge is -2.06. The van der Waals surface area contributed by atoms with Crippen LogP contribution in [0.5, 0.6) is 5.75 Å². The molecule has 0 atom stereocenters. The van der Waals surface area contributed by atoms with Gasteiger partial charge in [-0.15, -0.1) is 0 Å². The summed E-state index contributed by atoms with van der Waals surface area (Å²) in [6, 6.07) is 4.69. The van der Waals surface area contributed by atoms with Crippen LogP contribution in [0, 0.1) is 6.92 Å². The molecule has 72 valence electrons. The molecule has 0 bridgehead atoms. The van der Waals surface area contributed by atoms with E-state index in [2.05, 4.69) is 4.18 Å². The quantitative estimate of drug-likeness (QED) is 0.817. The summed E-state index contributed by atoms with van der Waals surface area (Å²) in [6.07, 6.45) is 0. The molecule has 0 aromatic heterocycles. The van der Waals surface area contributed by atoms with Crippen LogP contribution in [-0.2, 0) is 10.3 Å². The lowest BCUT2D eigenvalue weighted by Crippen LogP contribution is -2.19. The summed E-state index contributed by atoms with van der Waals surface area (Å²) in [5, 5.41) is 5.12. The highest BCUT2D eigenvalue weighted by atomic mass is 35.5. The molecule has 0 saturated heterocycles. The number of benzene rings is 1. The van der Waals surface area contributed by atoms with Crippen molar-refractivity contribution in [2.24, 2.45) is 5.14 Å². The molecule has 1 rings (SSSR count). The smallest absolute Gasteiger partial charge is 0.371 e. The second-order valence-corrected chi connectivity index (χ2v) is 4.00. The number of hydrogen-bond acceptors (Lipinski definition) is 3. The molecular formula is C7H8ClNO3S. The number of nitrogens with two attached hydrogens (primary N) is 1. The van der Waals surface area contributed by atoms with Gasteiger partial charge in [-0.05, 0) is 19.1 Å². The number of hydrogen-bond donors (Lipinski definition) is 1. The highest BCUT2D eigenvalue weighted by Crippen LogP contribution is 2.25. The molecule has 6 heteroatoms. The van der Waals surface area contributed by atoms with Gasteiger partial charge in [-0.3, -0.25) is 0 Å². The summed E-state index contributed by atoms with van der Waals surface area (Å²) in [6.45, 7) is 1.64. The first-order valence-corrected chi connectivity index (χ1v) is 5.22. The maximum atomic E-state index is 10.6. The minimum Gasteiger partial charge on any atom is -0.371 e. The average Bonchev–Trinajstić information content (AvgIpc) is 1.96. The Morgan fingerprint density at radius 1 is 1.46 bits per heavy atom. The van der Waals surface area contributed by atoms with Crippen molar-refractivity contribution in [3.8, 4) is 5.75 Å². The van der Waals surface area contributed by atoms with E-state index >= 15 is 0 Å². The van der Waals surface area contributed by atoms with Crippen molar-refractivity contribution in [1.29, 1.82) is 0 Å². The molecule has 1 aromatic carbocycles. The minimum atomic E-state index is -3.98. The van der Waals surface area contributed by atoms with Crippen LogP contribution in [0.1, 0.15) is 5.56 Å². The molecule has 0 heterocycles. The lowest BCUT2D eigenvalue weighted by atomic mass is 10.2. The van der Waals surface area contributed by atoms with Crippen LogP contribution in [0.15, 0.2) is 18.2 Å². The molecule has 13 heavy (non-hydrogen) atoms. The Labute approximate surface area is 81.5 Å². The van der Waals surface area contributed by atoms with E-state index in [9.17, 15) is 8.42 Å². The average molecular weight is 222 g/mol. The predicted octanol–water partition coefficient (Wildman–Crippen LogP) is 1.23. The van der Waals surface area contributed by atoms with Crippen molar-refractivity contribution in [3.63, 3.8) is 0 Å². The molecular weight excluding hydrogens is 214 g/mol. The molecule has 4 nitrogen and oxygen atoms in total. The van der Waals surface area contributed by atoms with Crippen molar-refractivity contribution in [2.45, 2.75) is 6.92 Å². The topological polar surface area (TPSA) is 69.4 Å². The van der Waals surface area contributed by atoms with Crippen LogP contribution < -0.4 is 9.32 Å². The summed E-state index contributed by atoms with van der Waals surface area (Å²) in [7, 11) is -3.98. The summed E-state index contributed by atoms with van der Waals surface area (Å²) < 4.78 is 25.6. The van der Waals surface area contributed by atoms with Crippen LogP contribution in [0.4, 0.5) is 0 Å². The predicted molar refractivity (Wildman–Crippen MR) is 49.9 cm³/mol. The fourth-order valence-electron chi connectivity index (χ4n) is 0.803. The van der Waals surface area contributed by atoms with Gasteiger partial charge in [-0.25, -0.2) is 0 Å². The summed E-state index contributed by atoms with van der Waals surface area (Å²) >= 11 is 5.73. The van der Waals surface area contributed by atoms with Gasteiger partial charge in [0.1, 0.15) is 5.75 Å². The van der Waals surface area contributed by atoms with Crippen LogP contribution in [0.3, 0.4) is 0 Å². The molecule has 0 unspecified atom stereocenters. The molecule has 0 saturated carbocycles. The van der Waals surface area contributed by atoms with Gasteiger partial charge in [0.25, 0.3) is 0 Å². The zero-order valence-corrected chi connectivity index (χ0v) is 8.39. The third kappa shape index (κ3) is 2.87. The summed E-state index contributed by atoms with van der Waals surface area (Å²) in [4.78, 5) is 0. The third-order valence-electron chi connectivity index (χ3n) is 1.42. The second kappa shape index (κ2) is 3.53. The van der Waals surface area contributed by atoms with Crippen LogP contribution in [0.2, 0.25) is 5.02 Å². The van der Waals surface area contributed by atoms with Gasteiger partial charge in [-0.1, -0.05) is 17.7 Å². The fourth-order valence-corrected chi connectivity index (χ4v) is 1.40. The number of rotatable bonds is 2. The third-order valence-corrected chi connectivity index (χ3v) is 2.25. The van der Waals surface area contributed by atoms with Gasteiger partial charge < -0.3 is 4.18 Å². The van der Waals surface area contributed by atoms with Crippen molar-refractivity contribution in [1.82, 2.24) is 0 Å². The molecule has 2 N–H and O–H groups in total. The van der Waals surface area contributed by atoms with Crippen molar-refractivity contribution < 1.29 is 12.6 Å². The van der Waals surface area contributed by atoms with E-state index in [1.807, 2.05) is 0 Å². The van der Waals surface area contributed by atoms with Gasteiger partial charge >= 0.3 is 10.3 Å². The second-order valence-electron chi connectivity index (χ2n) is 2.44. The Hall–Kier alpha value is -0.780. The Balaban J connectivity index is 3.10. The van der Waals surface area contributed by atoms with Gasteiger partial charge in [0, 0.05) is 10.6 Å². The molecule has 0 fully saturated rings. The molecule has 0 aliphatic heterocycles. The van der Waals surface area contributed by atoms with E-state index in [1.54, 1.807) is 19.1 Å². The Bertz CT molecular complexity index is 416. The first kappa shape index (κ1) is 10.3. The van der Waals surface area contributed by atoms with Crippen LogP contribution >= 0.6 is 11.6 Å². The zero-order chi connectivity index (χ0) is 10.1. The highest BCUT2D eigenvalue weighted by molar-refractivity contribution is 7.84. The van der Waals surface area contributed by atoms with E-state index in [0.29, 0.717) is 10.6 Å². The minimum absolute atomic E-state index is 0.148. The molecule has 0 aliphatic rings. The Morgan fingerprint density at radius 2 is 2.08 bits per heavy atom. The first-order valence-electron chi connectivity index (χ1n) is 3.37. The maximum absolute atomic E-state index is 10.6. The van der Waals surface area contributed by atoms with Crippen LogP contribution in [0.25, 0.3) is 0 Å². The van der Waals surface area contributed by atoms with Crippen molar-refractivity contribution >= 4 is 21.9 Å². The van der Waals surface area contributed by atoms with E-state index in [0.717, 1.165) is 0 Å². The lowest BCUT2D eigenvalue weighted by molar-refractivity contribution is 0.486. The largest absolute Gasteiger partial charge is 0.380 e. The first-order chi connectivity index (χ1) is 5.90. The molecule has 0 aliphatic carbocycles. The van der Waals surface area contributed by atoms with Crippen molar-refractivity contribution in [3.05, 3.63) is 28.8 Å². The Morgan fingerprint density at radius 3 is 2.62 bits per heavy atom. The van der Waals surface area contributed by atoms with Crippen LogP contribution in [-0.4, -0.2) is 8.42 Å². The summed E-state index contributed by atoms with van der Waals surface area (Å²) in [5.74, 6) is 0.148. The van der Waals surface area contributed by atoms with Gasteiger partial charge in [0.2, 0.25) is 0 Å². The van der Waals surface area contributed by atoms with Gasteiger partial charge in [-0.2, -0.15) is 13.6 Å². The van der Waals surface area contributed by atoms with E-state index in [-0.39, 0.29) is 5.75 Å². The van der Waals surface area contributed by atoms with Crippen molar-refractivity contribution in [2.75, 3.05) is 0 Å². The molecule has 0 radical (unpaired) electrons. The highest BCUT2D eigenvalue weighted by Gasteiger charge is 2.09. The monoisotopic (exact) mass is 221 g/mol. The van der Waals surface area contributed by atoms with Gasteiger partial charge in [0.05, 0.1) is 0 Å². The number of halogens is 1. The molecule has 0 amide bonds. The zero-order valence-electron chi connectivity index (χ0n) is 6.82. The SMILES string of the molecule is Cc1c(Cl)cccc1OS(N)(=O)=O. The summed E-state index contributed by atoms with van der Waals surface area (Å²) in [5.41, 5.74) is 0.540. The molecule has 0 spiro atoms. The maximum Gasteiger partial charge on any atom is 0.380 e. The Kier molecular flexibility index (Phi) is 2.80. The standard InChI is InChI=1S/C7H8ClNO3S/c1-5-6(8)3-2-4-7(5)12-13(9,10)11/h2-4H,1H3,(H2,9,10,11). The van der Waals surface area contributed by atoms with E-state index in [1.165, 1.54) is 6.07 Å².